The van der Waals surface area contributed by atoms with E-state index in [-0.39, 0.29) is 12.0 Å². The van der Waals surface area contributed by atoms with E-state index in [0.29, 0.717) is 5.75 Å². The van der Waals surface area contributed by atoms with Crippen molar-refractivity contribution in [1.29, 1.82) is 0 Å². The molecule has 14 heavy (non-hydrogen) atoms. The summed E-state index contributed by atoms with van der Waals surface area (Å²) in [7, 11) is 0. The zero-order valence-electron chi connectivity index (χ0n) is 8.50. The van der Waals surface area contributed by atoms with Gasteiger partial charge in [0.05, 0.1) is 11.9 Å². The Morgan fingerprint density at radius 2 is 2.29 bits per heavy atom. The number of nitrogens with zero attached hydrogens (tertiary/aromatic N) is 1. The molecule has 5 heteroatoms. The van der Waals surface area contributed by atoms with Crippen LogP contribution in [0.5, 0.6) is 5.75 Å². The molecule has 5 nitrogen and oxygen atoms in total. The number of rotatable bonds is 3. The van der Waals surface area contributed by atoms with Gasteiger partial charge in [-0.05, 0) is 0 Å². The Bertz CT molecular complexity index is 325. The van der Waals surface area contributed by atoms with Crippen LogP contribution in [0.3, 0.4) is 0 Å². The van der Waals surface area contributed by atoms with Gasteiger partial charge in [0.2, 0.25) is 0 Å². The van der Waals surface area contributed by atoms with Gasteiger partial charge in [0.1, 0.15) is 0 Å². The number of aromatic amines is 1. The second-order valence-corrected chi connectivity index (χ2v) is 4.04. The molecule has 0 fully saturated rings. The molecule has 0 bridgehead atoms. The van der Waals surface area contributed by atoms with E-state index in [0.717, 1.165) is 5.69 Å². The van der Waals surface area contributed by atoms with Gasteiger partial charge in [-0.15, -0.1) is 0 Å². The van der Waals surface area contributed by atoms with Gasteiger partial charge < -0.3 is 9.84 Å². The molecule has 0 spiro atoms. The second kappa shape index (κ2) is 3.69. The summed E-state index contributed by atoms with van der Waals surface area (Å²) in [5, 5.41) is 15.1. The number of carbonyl (C=O) groups is 1. The molecule has 0 aromatic carbocycles. The summed E-state index contributed by atoms with van der Waals surface area (Å²) in [6, 6.07) is 0. The van der Waals surface area contributed by atoms with Crippen LogP contribution in [0.1, 0.15) is 26.5 Å². The Balaban J connectivity index is 2.78. The number of carboxylic acid groups (broad SMARTS) is 1. The number of carboxylic acids is 1. The quantitative estimate of drug-likeness (QED) is 0.764. The number of hydrogen-bond acceptors (Lipinski definition) is 3. The Labute approximate surface area is 82.1 Å². The van der Waals surface area contributed by atoms with Crippen LogP contribution in [0.25, 0.3) is 0 Å². The zero-order chi connectivity index (χ0) is 10.8. The molecule has 1 aromatic rings. The molecular formula is C9H14N2O3. The van der Waals surface area contributed by atoms with Crippen molar-refractivity contribution in [2.45, 2.75) is 26.2 Å². The van der Waals surface area contributed by atoms with Gasteiger partial charge in [-0.25, -0.2) is 4.79 Å². The van der Waals surface area contributed by atoms with Gasteiger partial charge in [-0.1, -0.05) is 20.8 Å². The number of hydrogen-bond donors (Lipinski definition) is 2. The van der Waals surface area contributed by atoms with E-state index >= 15 is 0 Å². The largest absolute Gasteiger partial charge is 0.479 e. The molecule has 2 N–H and O–H groups in total. The molecule has 0 amide bonds. The fourth-order valence-corrected chi connectivity index (χ4v) is 1.06. The monoisotopic (exact) mass is 198 g/mol. The summed E-state index contributed by atoms with van der Waals surface area (Å²) in [5.74, 6) is -0.494. The maximum atomic E-state index is 10.3. The van der Waals surface area contributed by atoms with Crippen molar-refractivity contribution in [3.05, 3.63) is 11.9 Å². The summed E-state index contributed by atoms with van der Waals surface area (Å²) in [6.45, 7) is 5.64. The van der Waals surface area contributed by atoms with E-state index in [1.807, 2.05) is 20.8 Å². The molecule has 1 aromatic heterocycles. The summed E-state index contributed by atoms with van der Waals surface area (Å²) in [5.41, 5.74) is 0.670. The first-order valence-electron chi connectivity index (χ1n) is 4.29. The van der Waals surface area contributed by atoms with E-state index in [1.54, 1.807) is 0 Å². The smallest absolute Gasteiger partial charge is 0.341 e. The fraction of sp³-hybridized carbons (Fsp3) is 0.556. The van der Waals surface area contributed by atoms with Crippen LogP contribution in [-0.2, 0) is 10.2 Å². The van der Waals surface area contributed by atoms with Crippen molar-refractivity contribution >= 4 is 5.97 Å². The Morgan fingerprint density at radius 3 is 2.79 bits per heavy atom. The first-order chi connectivity index (χ1) is 6.41. The van der Waals surface area contributed by atoms with E-state index in [1.165, 1.54) is 6.20 Å². The van der Waals surface area contributed by atoms with Crippen LogP contribution < -0.4 is 4.74 Å². The number of nitrogens with one attached hydrogen (secondary N) is 1. The lowest BCUT2D eigenvalue weighted by molar-refractivity contribution is -0.139. The standard InChI is InChI=1S/C9H14N2O3/c1-9(2,3)8-6(4-10-11-8)14-5-7(12)13/h4H,5H2,1-3H3,(H,10,11)(H,12,13). The Morgan fingerprint density at radius 1 is 1.64 bits per heavy atom. The average molecular weight is 198 g/mol. The van der Waals surface area contributed by atoms with Crippen LogP contribution >= 0.6 is 0 Å². The van der Waals surface area contributed by atoms with E-state index in [9.17, 15) is 4.79 Å². The van der Waals surface area contributed by atoms with Gasteiger partial charge in [-0.3, -0.25) is 5.10 Å². The number of aromatic nitrogens is 2. The highest BCUT2D eigenvalue weighted by Gasteiger charge is 2.21. The third-order valence-electron chi connectivity index (χ3n) is 1.71. The lowest BCUT2D eigenvalue weighted by Gasteiger charge is -2.17. The molecule has 0 saturated heterocycles. The highest BCUT2D eigenvalue weighted by molar-refractivity contribution is 5.68. The summed E-state index contributed by atoms with van der Waals surface area (Å²) in [4.78, 5) is 10.3. The maximum absolute atomic E-state index is 10.3. The van der Waals surface area contributed by atoms with Crippen LogP contribution in [0.2, 0.25) is 0 Å². The van der Waals surface area contributed by atoms with Gasteiger partial charge in [-0.2, -0.15) is 5.10 Å². The first kappa shape index (κ1) is 10.6. The minimum Gasteiger partial charge on any atom is -0.479 e. The van der Waals surface area contributed by atoms with Crippen molar-refractivity contribution in [2.75, 3.05) is 6.61 Å². The normalized spacial score (nSPS) is 11.4. The predicted octanol–water partition coefficient (Wildman–Crippen LogP) is 1.17. The molecule has 0 saturated carbocycles. The van der Waals surface area contributed by atoms with E-state index in [4.69, 9.17) is 9.84 Å². The van der Waals surface area contributed by atoms with Gasteiger partial charge in [0.15, 0.2) is 12.4 Å². The summed E-state index contributed by atoms with van der Waals surface area (Å²) < 4.78 is 5.07. The second-order valence-electron chi connectivity index (χ2n) is 4.04. The molecule has 0 unspecified atom stereocenters. The van der Waals surface area contributed by atoms with E-state index < -0.39 is 5.97 Å². The fourth-order valence-electron chi connectivity index (χ4n) is 1.06. The maximum Gasteiger partial charge on any atom is 0.341 e. The molecule has 0 aliphatic carbocycles. The van der Waals surface area contributed by atoms with Crippen LogP contribution in [0, 0.1) is 0 Å². The minimum absolute atomic E-state index is 0.135. The highest BCUT2D eigenvalue weighted by Crippen LogP contribution is 2.28. The lowest BCUT2D eigenvalue weighted by atomic mass is 9.92. The first-order valence-corrected chi connectivity index (χ1v) is 4.29. The van der Waals surface area contributed by atoms with Crippen molar-refractivity contribution < 1.29 is 14.6 Å². The zero-order valence-corrected chi connectivity index (χ0v) is 8.50. The summed E-state index contributed by atoms with van der Waals surface area (Å²) >= 11 is 0. The van der Waals surface area contributed by atoms with Gasteiger partial charge >= 0.3 is 5.97 Å². The molecule has 0 radical (unpaired) electrons. The van der Waals surface area contributed by atoms with Crippen LogP contribution in [0.4, 0.5) is 0 Å². The number of ether oxygens (including phenoxy) is 1. The molecular weight excluding hydrogens is 184 g/mol. The third-order valence-corrected chi connectivity index (χ3v) is 1.71. The topological polar surface area (TPSA) is 75.2 Å². The van der Waals surface area contributed by atoms with Crippen molar-refractivity contribution in [2.24, 2.45) is 0 Å². The average Bonchev–Trinajstić information content (AvgIpc) is 2.46. The Hall–Kier alpha value is -1.52. The van der Waals surface area contributed by atoms with Crippen molar-refractivity contribution in [3.8, 4) is 5.75 Å². The molecule has 0 aliphatic heterocycles. The minimum atomic E-state index is -0.994. The molecule has 78 valence electrons. The number of H-pyrrole nitrogens is 1. The lowest BCUT2D eigenvalue weighted by Crippen LogP contribution is -2.16. The van der Waals surface area contributed by atoms with Gasteiger partial charge in [0.25, 0.3) is 0 Å². The van der Waals surface area contributed by atoms with Gasteiger partial charge in [0, 0.05) is 5.41 Å². The molecule has 0 atom stereocenters. The van der Waals surface area contributed by atoms with Crippen molar-refractivity contribution in [3.63, 3.8) is 0 Å². The number of aliphatic carboxylic acids is 1. The molecule has 1 heterocycles. The molecule has 0 aliphatic rings. The van der Waals surface area contributed by atoms with Crippen LogP contribution in [-0.4, -0.2) is 27.9 Å². The van der Waals surface area contributed by atoms with Crippen LogP contribution in [0.15, 0.2) is 6.20 Å². The highest BCUT2D eigenvalue weighted by atomic mass is 16.5. The SMILES string of the molecule is CC(C)(C)c1[nH]ncc1OCC(=O)O. The third kappa shape index (κ3) is 2.48. The summed E-state index contributed by atoms with van der Waals surface area (Å²) in [6.07, 6.45) is 1.49. The van der Waals surface area contributed by atoms with E-state index in [2.05, 4.69) is 10.2 Å². The Kier molecular flexibility index (Phi) is 2.78. The van der Waals surface area contributed by atoms with Crippen molar-refractivity contribution in [1.82, 2.24) is 10.2 Å². The predicted molar refractivity (Wildman–Crippen MR) is 50.4 cm³/mol. The molecule has 1 rings (SSSR count).